The van der Waals surface area contributed by atoms with Crippen LogP contribution in [0.1, 0.15) is 28.2 Å². The van der Waals surface area contributed by atoms with Crippen molar-refractivity contribution in [3.8, 4) is 0 Å². The Morgan fingerprint density at radius 3 is 2.79 bits per heavy atom. The highest BCUT2D eigenvalue weighted by Gasteiger charge is 2.34. The second kappa shape index (κ2) is 5.09. The molecule has 19 heavy (non-hydrogen) atoms. The molecule has 0 aliphatic carbocycles. The summed E-state index contributed by atoms with van der Waals surface area (Å²) < 4.78 is 4.77. The van der Waals surface area contributed by atoms with E-state index in [-0.39, 0.29) is 5.97 Å². The fourth-order valence-corrected chi connectivity index (χ4v) is 3.97. The second-order valence-electron chi connectivity index (χ2n) is 5.31. The third-order valence-electron chi connectivity index (χ3n) is 4.13. The van der Waals surface area contributed by atoms with Crippen molar-refractivity contribution in [3.05, 3.63) is 10.6 Å². The zero-order chi connectivity index (χ0) is 13.4. The molecule has 0 saturated carbocycles. The fourth-order valence-electron chi connectivity index (χ4n) is 3.03. The van der Waals surface area contributed by atoms with Gasteiger partial charge >= 0.3 is 5.97 Å². The molecule has 6 heteroatoms. The number of thiazole rings is 1. The maximum absolute atomic E-state index is 11.6. The molecule has 0 spiro atoms. The largest absolute Gasteiger partial charge is 0.465 e. The minimum atomic E-state index is -0.294. The molecule has 1 N–H and O–H groups in total. The van der Waals surface area contributed by atoms with Crippen LogP contribution in [0.5, 0.6) is 0 Å². The van der Waals surface area contributed by atoms with Crippen molar-refractivity contribution in [1.82, 2.24) is 9.88 Å². The molecular weight excluding hydrogens is 262 g/mol. The van der Waals surface area contributed by atoms with E-state index in [9.17, 15) is 4.79 Å². The van der Waals surface area contributed by atoms with Gasteiger partial charge < -0.3 is 15.0 Å². The molecule has 2 bridgehead atoms. The summed E-state index contributed by atoms with van der Waals surface area (Å²) in [7, 11) is 1.40. The number of anilines is 1. The average Bonchev–Trinajstić information content (AvgIpc) is 2.80. The fraction of sp³-hybridized carbons (Fsp3) is 0.692. The van der Waals surface area contributed by atoms with Crippen LogP contribution in [0.3, 0.4) is 0 Å². The summed E-state index contributed by atoms with van der Waals surface area (Å²) in [6.45, 7) is 5.40. The van der Waals surface area contributed by atoms with Crippen LogP contribution in [0.2, 0.25) is 0 Å². The maximum atomic E-state index is 11.6. The Bertz CT molecular complexity index is 480. The number of aromatic nitrogens is 1. The molecule has 3 saturated heterocycles. The van der Waals surface area contributed by atoms with E-state index in [0.717, 1.165) is 23.3 Å². The lowest BCUT2D eigenvalue weighted by Crippen LogP contribution is -2.53. The summed E-state index contributed by atoms with van der Waals surface area (Å²) in [4.78, 5) is 19.1. The molecule has 5 nitrogen and oxygen atoms in total. The SMILES string of the molecule is COC(=O)c1sc(NC2CN3CCC2CC3)nc1C. The molecule has 104 valence electrons. The molecule has 1 unspecified atom stereocenters. The third kappa shape index (κ3) is 2.47. The summed E-state index contributed by atoms with van der Waals surface area (Å²) in [5, 5.41) is 4.35. The summed E-state index contributed by atoms with van der Waals surface area (Å²) in [6, 6.07) is 0.471. The van der Waals surface area contributed by atoms with E-state index in [4.69, 9.17) is 4.74 Å². The molecule has 1 aromatic heterocycles. The predicted molar refractivity (Wildman–Crippen MR) is 74.8 cm³/mol. The first-order chi connectivity index (χ1) is 9.17. The highest BCUT2D eigenvalue weighted by Crippen LogP contribution is 2.31. The van der Waals surface area contributed by atoms with Gasteiger partial charge in [0, 0.05) is 12.6 Å². The van der Waals surface area contributed by atoms with E-state index in [0.29, 0.717) is 10.9 Å². The van der Waals surface area contributed by atoms with Gasteiger partial charge in [0.1, 0.15) is 4.88 Å². The normalized spacial score (nSPS) is 29.3. The number of carbonyl (C=O) groups is 1. The van der Waals surface area contributed by atoms with Gasteiger partial charge in [0.25, 0.3) is 0 Å². The van der Waals surface area contributed by atoms with Crippen LogP contribution < -0.4 is 5.32 Å². The van der Waals surface area contributed by atoms with Gasteiger partial charge in [-0.15, -0.1) is 0 Å². The van der Waals surface area contributed by atoms with Gasteiger partial charge in [-0.2, -0.15) is 0 Å². The molecule has 0 radical (unpaired) electrons. The summed E-state index contributed by atoms with van der Waals surface area (Å²) in [6.07, 6.45) is 2.54. The van der Waals surface area contributed by atoms with Crippen LogP contribution in [0.4, 0.5) is 5.13 Å². The first-order valence-corrected chi connectivity index (χ1v) is 7.53. The van der Waals surface area contributed by atoms with E-state index < -0.39 is 0 Å². The number of ether oxygens (including phenoxy) is 1. The quantitative estimate of drug-likeness (QED) is 0.855. The standard InChI is InChI=1S/C13H19N3O2S/c1-8-11(12(17)18-2)19-13(14-8)15-10-7-16-5-3-9(10)4-6-16/h9-10H,3-7H2,1-2H3,(H,14,15). The van der Waals surface area contributed by atoms with Crippen LogP contribution in [-0.4, -0.2) is 48.6 Å². The summed E-state index contributed by atoms with van der Waals surface area (Å²) in [5.74, 6) is 0.452. The van der Waals surface area contributed by atoms with Crippen LogP contribution in [0, 0.1) is 12.8 Å². The number of esters is 1. The smallest absolute Gasteiger partial charge is 0.350 e. The van der Waals surface area contributed by atoms with Crippen molar-refractivity contribution in [2.24, 2.45) is 5.92 Å². The Morgan fingerprint density at radius 1 is 1.47 bits per heavy atom. The van der Waals surface area contributed by atoms with Crippen molar-refractivity contribution >= 4 is 22.4 Å². The molecule has 3 fully saturated rings. The van der Waals surface area contributed by atoms with E-state index in [1.54, 1.807) is 0 Å². The van der Waals surface area contributed by atoms with Gasteiger partial charge in [0.05, 0.1) is 12.8 Å². The van der Waals surface area contributed by atoms with E-state index in [1.165, 1.54) is 44.4 Å². The molecule has 1 atom stereocenters. The number of rotatable bonds is 3. The van der Waals surface area contributed by atoms with Crippen molar-refractivity contribution in [2.45, 2.75) is 25.8 Å². The number of carbonyl (C=O) groups excluding carboxylic acids is 1. The average molecular weight is 281 g/mol. The molecule has 1 aromatic rings. The van der Waals surface area contributed by atoms with Crippen molar-refractivity contribution < 1.29 is 9.53 Å². The molecule has 4 heterocycles. The van der Waals surface area contributed by atoms with Crippen LogP contribution in [0.15, 0.2) is 0 Å². The molecule has 3 aliphatic heterocycles. The van der Waals surface area contributed by atoms with Crippen molar-refractivity contribution in [1.29, 1.82) is 0 Å². The minimum absolute atomic E-state index is 0.294. The van der Waals surface area contributed by atoms with Gasteiger partial charge in [-0.05, 0) is 38.8 Å². The number of piperidine rings is 3. The monoisotopic (exact) mass is 281 g/mol. The number of aryl methyl sites for hydroxylation is 1. The molecule has 0 amide bonds. The predicted octanol–water partition coefficient (Wildman–Crippen LogP) is 1.74. The topological polar surface area (TPSA) is 54.5 Å². The number of hydrogen-bond donors (Lipinski definition) is 1. The zero-order valence-electron chi connectivity index (χ0n) is 11.3. The lowest BCUT2D eigenvalue weighted by atomic mass is 9.84. The van der Waals surface area contributed by atoms with Crippen LogP contribution >= 0.6 is 11.3 Å². The molecule has 3 aliphatic rings. The maximum Gasteiger partial charge on any atom is 0.350 e. The summed E-state index contributed by atoms with van der Waals surface area (Å²) in [5.41, 5.74) is 0.751. The lowest BCUT2D eigenvalue weighted by molar-refractivity contribution is 0.0605. The Balaban J connectivity index is 1.72. The van der Waals surface area contributed by atoms with Gasteiger partial charge in [-0.3, -0.25) is 0 Å². The number of hydrogen-bond acceptors (Lipinski definition) is 6. The Hall–Kier alpha value is -1.14. The minimum Gasteiger partial charge on any atom is -0.465 e. The van der Waals surface area contributed by atoms with Gasteiger partial charge in [-0.25, -0.2) is 9.78 Å². The Labute approximate surface area is 117 Å². The number of nitrogens with zero attached hydrogens (tertiary/aromatic N) is 2. The highest BCUT2D eigenvalue weighted by molar-refractivity contribution is 7.17. The van der Waals surface area contributed by atoms with Crippen LogP contribution in [-0.2, 0) is 4.74 Å². The zero-order valence-corrected chi connectivity index (χ0v) is 12.1. The number of fused-ring (bicyclic) bond motifs is 3. The van der Waals surface area contributed by atoms with Crippen molar-refractivity contribution in [3.63, 3.8) is 0 Å². The first-order valence-electron chi connectivity index (χ1n) is 6.72. The first kappa shape index (κ1) is 12.9. The molecule has 0 aromatic carbocycles. The number of nitrogens with one attached hydrogen (secondary N) is 1. The van der Waals surface area contributed by atoms with E-state index >= 15 is 0 Å². The highest BCUT2D eigenvalue weighted by atomic mass is 32.1. The number of methoxy groups -OCH3 is 1. The Morgan fingerprint density at radius 2 is 2.21 bits per heavy atom. The van der Waals surface area contributed by atoms with Gasteiger partial charge in [-0.1, -0.05) is 11.3 Å². The second-order valence-corrected chi connectivity index (χ2v) is 6.31. The van der Waals surface area contributed by atoms with Crippen molar-refractivity contribution in [2.75, 3.05) is 32.1 Å². The third-order valence-corrected chi connectivity index (χ3v) is 5.20. The van der Waals surface area contributed by atoms with E-state index in [1.807, 2.05) is 6.92 Å². The van der Waals surface area contributed by atoms with E-state index in [2.05, 4.69) is 15.2 Å². The van der Waals surface area contributed by atoms with Gasteiger partial charge in [0.2, 0.25) is 0 Å². The van der Waals surface area contributed by atoms with Gasteiger partial charge in [0.15, 0.2) is 5.13 Å². The Kier molecular flexibility index (Phi) is 3.45. The molecular formula is C13H19N3O2S. The summed E-state index contributed by atoms with van der Waals surface area (Å²) >= 11 is 1.40. The lowest BCUT2D eigenvalue weighted by Gasteiger charge is -2.44. The molecule has 4 rings (SSSR count). The van der Waals surface area contributed by atoms with Crippen LogP contribution in [0.25, 0.3) is 0 Å².